The van der Waals surface area contributed by atoms with Crippen LogP contribution in [0.3, 0.4) is 0 Å². The van der Waals surface area contributed by atoms with E-state index < -0.39 is 17.2 Å². The summed E-state index contributed by atoms with van der Waals surface area (Å²) in [5, 5.41) is 10.5. The summed E-state index contributed by atoms with van der Waals surface area (Å²) < 4.78 is 18.1. The van der Waals surface area contributed by atoms with Crippen molar-refractivity contribution in [3.8, 4) is 5.88 Å². The fourth-order valence-corrected chi connectivity index (χ4v) is 6.58. The first-order valence-corrected chi connectivity index (χ1v) is 13.4. The van der Waals surface area contributed by atoms with Crippen molar-refractivity contribution in [3.63, 3.8) is 0 Å². The van der Waals surface area contributed by atoms with Crippen LogP contribution in [0, 0.1) is 23.7 Å². The van der Waals surface area contributed by atoms with Crippen molar-refractivity contribution in [3.05, 3.63) is 17.8 Å². The highest BCUT2D eigenvalue weighted by Gasteiger charge is 2.57. The zero-order valence-corrected chi connectivity index (χ0v) is 23.0. The third-order valence-electron chi connectivity index (χ3n) is 7.75. The van der Waals surface area contributed by atoms with Crippen molar-refractivity contribution in [2.24, 2.45) is 29.4 Å². The molecule has 3 amide bonds. The largest absolute Gasteiger partial charge is 0.477 e. The van der Waals surface area contributed by atoms with Crippen molar-refractivity contribution >= 4 is 24.1 Å². The van der Waals surface area contributed by atoms with E-state index in [1.54, 1.807) is 12.3 Å². The Morgan fingerprint density at radius 1 is 1.24 bits per heavy atom. The number of carbonyl (C=O) groups excluding carboxylic acids is 3. The number of amides is 3. The summed E-state index contributed by atoms with van der Waals surface area (Å²) >= 11 is 0. The van der Waals surface area contributed by atoms with E-state index in [4.69, 9.17) is 19.9 Å². The third-order valence-corrected chi connectivity index (χ3v) is 7.75. The lowest BCUT2D eigenvalue weighted by Crippen LogP contribution is -2.63. The summed E-state index contributed by atoms with van der Waals surface area (Å²) in [6.45, 7) is 8.14. The molecule has 4 aliphatic carbocycles. The molecule has 0 radical (unpaired) electrons. The normalized spacial score (nSPS) is 28.1. The van der Waals surface area contributed by atoms with E-state index in [0.717, 1.165) is 32.1 Å². The molecule has 1 heterocycles. The van der Waals surface area contributed by atoms with Crippen LogP contribution in [-0.2, 0) is 14.3 Å². The first-order valence-electron chi connectivity index (χ1n) is 13.4. The minimum absolute atomic E-state index is 0.00424. The number of carbonyl (C=O) groups is 3. The van der Waals surface area contributed by atoms with Gasteiger partial charge in [0.15, 0.2) is 0 Å². The van der Waals surface area contributed by atoms with Crippen LogP contribution in [0.5, 0.6) is 5.88 Å². The molecule has 2 atom stereocenters. The Hall–Kier alpha value is -3.08. The number of rotatable bonds is 11. The summed E-state index contributed by atoms with van der Waals surface area (Å²) in [5.74, 6) is 1.08. The standard InChI is InChI=1S/C27H41N5O6/c1-16(2)14-37-24-20(13-29-32(24)7-6-26(3,4)31-21(33)15-36-5)23(34)30-22-18-8-17-9-19(22)12-27(10-17,11-18)38-25(28)35/h6-7,13,16-19,22H,8-12,14-15H2,1-5H3,(H2,28,35)(H,30,34)(H,31,33)/b7-6+. The highest BCUT2D eigenvalue weighted by atomic mass is 16.6. The lowest BCUT2D eigenvalue weighted by Gasteiger charge is -2.58. The Balaban J connectivity index is 1.50. The number of primary amides is 1. The van der Waals surface area contributed by atoms with Crippen molar-refractivity contribution < 1.29 is 28.6 Å². The molecule has 38 heavy (non-hydrogen) atoms. The Morgan fingerprint density at radius 3 is 2.53 bits per heavy atom. The van der Waals surface area contributed by atoms with Gasteiger partial charge >= 0.3 is 6.09 Å². The van der Waals surface area contributed by atoms with Crippen molar-refractivity contribution in [1.29, 1.82) is 0 Å². The van der Waals surface area contributed by atoms with E-state index in [1.807, 2.05) is 27.7 Å². The van der Waals surface area contributed by atoms with E-state index in [-0.39, 0.29) is 42.2 Å². The number of hydrogen-bond donors (Lipinski definition) is 3. The molecule has 2 unspecified atom stereocenters. The van der Waals surface area contributed by atoms with Gasteiger partial charge in [0.2, 0.25) is 11.8 Å². The van der Waals surface area contributed by atoms with Gasteiger partial charge in [-0.2, -0.15) is 5.10 Å². The van der Waals surface area contributed by atoms with Gasteiger partial charge in [0, 0.05) is 19.4 Å². The highest BCUT2D eigenvalue weighted by molar-refractivity contribution is 5.96. The predicted molar refractivity (Wildman–Crippen MR) is 140 cm³/mol. The SMILES string of the molecule is COCC(=O)NC(C)(C)/C=C/n1ncc(C(=O)NC2C3CC4CC2CC(OC(N)=O)(C4)C3)c1OCC(C)C. The summed E-state index contributed by atoms with van der Waals surface area (Å²) in [4.78, 5) is 37.1. The molecule has 11 heteroatoms. The van der Waals surface area contributed by atoms with Crippen molar-refractivity contribution in [2.45, 2.75) is 77.0 Å². The molecule has 5 rings (SSSR count). The Bertz CT molecular complexity index is 1060. The van der Waals surface area contributed by atoms with Crippen molar-refractivity contribution in [1.82, 2.24) is 20.4 Å². The summed E-state index contributed by atoms with van der Waals surface area (Å²) in [6, 6.07) is -0.00424. The van der Waals surface area contributed by atoms with Crippen LogP contribution in [0.4, 0.5) is 4.79 Å². The average molecular weight is 532 g/mol. The first kappa shape index (κ1) is 27.9. The summed E-state index contributed by atoms with van der Waals surface area (Å²) in [7, 11) is 1.47. The van der Waals surface area contributed by atoms with Gasteiger partial charge in [0.25, 0.3) is 5.91 Å². The quantitative estimate of drug-likeness (QED) is 0.398. The molecular weight excluding hydrogens is 490 g/mol. The second-order valence-corrected chi connectivity index (χ2v) is 12.1. The number of hydrogen-bond acceptors (Lipinski definition) is 7. The van der Waals surface area contributed by atoms with Crippen LogP contribution in [0.1, 0.15) is 70.2 Å². The van der Waals surface area contributed by atoms with Gasteiger partial charge in [0.05, 0.1) is 18.3 Å². The molecule has 1 aromatic heterocycles. The highest BCUT2D eigenvalue weighted by Crippen LogP contribution is 2.57. The lowest BCUT2D eigenvalue weighted by atomic mass is 9.52. The topological polar surface area (TPSA) is 147 Å². The van der Waals surface area contributed by atoms with Crippen molar-refractivity contribution in [2.75, 3.05) is 20.3 Å². The molecule has 4 fully saturated rings. The summed E-state index contributed by atoms with van der Waals surface area (Å²) in [5.41, 5.74) is 4.56. The van der Waals surface area contributed by atoms with E-state index in [1.165, 1.54) is 18.0 Å². The maximum atomic E-state index is 13.5. The molecule has 0 spiro atoms. The maximum Gasteiger partial charge on any atom is 0.405 e. The monoisotopic (exact) mass is 531 g/mol. The third kappa shape index (κ3) is 6.31. The predicted octanol–water partition coefficient (Wildman–Crippen LogP) is 2.70. The molecule has 0 aliphatic heterocycles. The minimum Gasteiger partial charge on any atom is -0.477 e. The lowest BCUT2D eigenvalue weighted by molar-refractivity contribution is -0.137. The molecule has 210 valence electrons. The number of nitrogens with two attached hydrogens (primary N) is 1. The molecule has 4 saturated carbocycles. The second kappa shape index (κ2) is 11.0. The van der Waals surface area contributed by atoms with Gasteiger partial charge < -0.3 is 30.6 Å². The van der Waals surface area contributed by atoms with E-state index in [0.29, 0.717) is 24.0 Å². The zero-order valence-electron chi connectivity index (χ0n) is 23.0. The molecule has 0 saturated heterocycles. The van der Waals surface area contributed by atoms with Crippen LogP contribution >= 0.6 is 0 Å². The van der Waals surface area contributed by atoms with Gasteiger partial charge in [-0.05, 0) is 75.7 Å². The molecule has 11 nitrogen and oxygen atoms in total. The summed E-state index contributed by atoms with van der Waals surface area (Å²) in [6.07, 6.45) is 8.58. The Labute approximate surface area is 223 Å². The van der Waals surface area contributed by atoms with E-state index >= 15 is 0 Å². The minimum atomic E-state index is -0.721. The van der Waals surface area contributed by atoms with Crippen LogP contribution in [0.15, 0.2) is 12.3 Å². The molecule has 4 N–H and O–H groups in total. The van der Waals surface area contributed by atoms with Gasteiger partial charge in [0.1, 0.15) is 17.8 Å². The van der Waals surface area contributed by atoms with E-state index in [9.17, 15) is 14.4 Å². The average Bonchev–Trinajstić information content (AvgIpc) is 3.20. The van der Waals surface area contributed by atoms with E-state index in [2.05, 4.69) is 15.7 Å². The fourth-order valence-electron chi connectivity index (χ4n) is 6.58. The number of nitrogens with one attached hydrogen (secondary N) is 2. The second-order valence-electron chi connectivity index (χ2n) is 12.1. The molecule has 0 aromatic carbocycles. The van der Waals surface area contributed by atoms with Gasteiger partial charge in [-0.25, -0.2) is 9.48 Å². The number of methoxy groups -OCH3 is 1. The molecule has 1 aromatic rings. The van der Waals surface area contributed by atoms with Crippen LogP contribution < -0.4 is 21.1 Å². The number of aromatic nitrogens is 2. The van der Waals surface area contributed by atoms with Crippen LogP contribution in [-0.4, -0.2) is 65.2 Å². The van der Waals surface area contributed by atoms with Gasteiger partial charge in [-0.3, -0.25) is 9.59 Å². The van der Waals surface area contributed by atoms with Crippen LogP contribution in [0.25, 0.3) is 6.20 Å². The maximum absolute atomic E-state index is 13.5. The van der Waals surface area contributed by atoms with Gasteiger partial charge in [-0.1, -0.05) is 13.8 Å². The van der Waals surface area contributed by atoms with Crippen LogP contribution in [0.2, 0.25) is 0 Å². The fraction of sp³-hybridized carbons (Fsp3) is 0.704. The number of ether oxygens (including phenoxy) is 3. The molecular formula is C27H41N5O6. The smallest absolute Gasteiger partial charge is 0.405 e. The van der Waals surface area contributed by atoms with Gasteiger partial charge in [-0.15, -0.1) is 0 Å². The number of nitrogens with zero attached hydrogens (tertiary/aromatic N) is 2. The molecule has 4 aliphatic rings. The molecule has 4 bridgehead atoms. The zero-order chi connectivity index (χ0) is 27.7. The Kier molecular flexibility index (Phi) is 8.06. The first-order chi connectivity index (χ1) is 17.9. The Morgan fingerprint density at radius 2 is 1.92 bits per heavy atom.